The van der Waals surface area contributed by atoms with Crippen molar-refractivity contribution in [3.05, 3.63) is 46.4 Å². The monoisotopic (exact) mass is 368 g/mol. The molecule has 134 valence electrons. The van der Waals surface area contributed by atoms with Crippen molar-refractivity contribution in [2.45, 2.75) is 25.8 Å². The van der Waals surface area contributed by atoms with Gasteiger partial charge in [0.1, 0.15) is 5.82 Å². The van der Waals surface area contributed by atoms with Crippen molar-refractivity contribution in [1.29, 1.82) is 0 Å². The van der Waals surface area contributed by atoms with Crippen molar-refractivity contribution < 1.29 is 0 Å². The van der Waals surface area contributed by atoms with Gasteiger partial charge in [0.05, 0.1) is 22.9 Å². The van der Waals surface area contributed by atoms with E-state index in [1.165, 1.54) is 29.8 Å². The van der Waals surface area contributed by atoms with Crippen molar-refractivity contribution in [3.63, 3.8) is 0 Å². The Kier molecular flexibility index (Phi) is 4.02. The summed E-state index contributed by atoms with van der Waals surface area (Å²) in [5.41, 5.74) is 5.79. The van der Waals surface area contributed by atoms with Gasteiger partial charge >= 0.3 is 0 Å². The van der Waals surface area contributed by atoms with E-state index in [0.717, 1.165) is 56.0 Å². The summed E-state index contributed by atoms with van der Waals surface area (Å²) in [6, 6.07) is 5.65. The van der Waals surface area contributed by atoms with E-state index < -0.39 is 0 Å². The molecule has 0 radical (unpaired) electrons. The molecular weight excluding hydrogens is 348 g/mol. The molecule has 1 N–H and O–H groups in total. The number of aromatic amines is 1. The Morgan fingerprint density at radius 2 is 1.96 bits per heavy atom. The second-order valence-corrected chi connectivity index (χ2v) is 7.54. The van der Waals surface area contributed by atoms with Crippen LogP contribution in [0.4, 0.5) is 5.82 Å². The van der Waals surface area contributed by atoms with Gasteiger partial charge in [-0.25, -0.2) is 4.98 Å². The molecule has 1 aliphatic carbocycles. The fourth-order valence-electron chi connectivity index (χ4n) is 3.99. The molecule has 0 spiro atoms. The van der Waals surface area contributed by atoms with E-state index in [-0.39, 0.29) is 0 Å². The van der Waals surface area contributed by atoms with Gasteiger partial charge in [-0.15, -0.1) is 0 Å². The van der Waals surface area contributed by atoms with Crippen LogP contribution in [0.2, 0.25) is 5.02 Å². The maximum absolute atomic E-state index is 6.03. The second-order valence-electron chi connectivity index (χ2n) is 7.11. The highest BCUT2D eigenvalue weighted by Crippen LogP contribution is 2.25. The van der Waals surface area contributed by atoms with E-state index in [1.807, 2.05) is 24.4 Å². The number of aromatic nitrogens is 4. The number of nitrogens with one attached hydrogen (secondary N) is 1. The molecule has 0 saturated carbocycles. The quantitative estimate of drug-likeness (QED) is 0.770. The molecule has 1 saturated heterocycles. The highest BCUT2D eigenvalue weighted by molar-refractivity contribution is 6.31. The molecule has 26 heavy (non-hydrogen) atoms. The maximum atomic E-state index is 6.03. The second kappa shape index (κ2) is 6.52. The van der Waals surface area contributed by atoms with E-state index in [1.54, 1.807) is 0 Å². The first-order valence-corrected chi connectivity index (χ1v) is 9.59. The number of nitrogens with zero attached hydrogens (tertiary/aromatic N) is 5. The van der Waals surface area contributed by atoms with Crippen molar-refractivity contribution in [1.82, 2.24) is 25.1 Å². The van der Waals surface area contributed by atoms with Crippen LogP contribution in [-0.2, 0) is 19.4 Å². The number of H-pyrrole nitrogens is 1. The minimum absolute atomic E-state index is 0.693. The largest absolute Gasteiger partial charge is 0.353 e. The van der Waals surface area contributed by atoms with Crippen LogP contribution < -0.4 is 4.90 Å². The smallest absolute Gasteiger partial charge is 0.147 e. The Morgan fingerprint density at radius 1 is 1.08 bits per heavy atom. The highest BCUT2D eigenvalue weighted by Gasteiger charge is 2.23. The lowest BCUT2D eigenvalue weighted by molar-refractivity contribution is 0.246. The normalized spacial score (nSPS) is 17.8. The van der Waals surface area contributed by atoms with Gasteiger partial charge in [-0.3, -0.25) is 15.0 Å². The Morgan fingerprint density at radius 3 is 2.85 bits per heavy atom. The zero-order chi connectivity index (χ0) is 17.5. The van der Waals surface area contributed by atoms with Gasteiger partial charge in [0.25, 0.3) is 0 Å². The first-order valence-electron chi connectivity index (χ1n) is 9.21. The molecule has 0 atom stereocenters. The van der Waals surface area contributed by atoms with E-state index >= 15 is 0 Å². The summed E-state index contributed by atoms with van der Waals surface area (Å²) >= 11 is 6.03. The van der Waals surface area contributed by atoms with Crippen LogP contribution in [0.3, 0.4) is 0 Å². The third-order valence-electron chi connectivity index (χ3n) is 5.45. The Hall–Kier alpha value is -2.18. The van der Waals surface area contributed by atoms with E-state index in [2.05, 4.69) is 25.0 Å². The number of rotatable bonds is 3. The number of piperazine rings is 1. The van der Waals surface area contributed by atoms with Crippen LogP contribution in [0, 0.1) is 0 Å². The number of fused-ring (bicyclic) bond motifs is 2. The number of aryl methyl sites for hydroxylation is 1. The average Bonchev–Trinajstić information content (AvgIpc) is 3.27. The van der Waals surface area contributed by atoms with Crippen LogP contribution in [0.25, 0.3) is 11.0 Å². The fourth-order valence-corrected chi connectivity index (χ4v) is 4.16. The predicted octanol–water partition coefficient (Wildman–Crippen LogP) is 2.82. The molecular formula is C19H21ClN6. The Balaban J connectivity index is 1.26. The lowest BCUT2D eigenvalue weighted by Crippen LogP contribution is -2.46. The van der Waals surface area contributed by atoms with Crippen LogP contribution in [0.1, 0.15) is 23.4 Å². The van der Waals surface area contributed by atoms with Crippen LogP contribution in [0.15, 0.2) is 24.4 Å². The summed E-state index contributed by atoms with van der Waals surface area (Å²) in [6.07, 6.45) is 5.45. The Labute approximate surface area is 157 Å². The van der Waals surface area contributed by atoms with Crippen molar-refractivity contribution in [2.24, 2.45) is 0 Å². The third kappa shape index (κ3) is 2.93. The van der Waals surface area contributed by atoms with Gasteiger partial charge in [0.2, 0.25) is 0 Å². The molecule has 7 heteroatoms. The van der Waals surface area contributed by atoms with Crippen LogP contribution in [-0.4, -0.2) is 51.2 Å². The number of hydrogen-bond acceptors (Lipinski definition) is 5. The average molecular weight is 369 g/mol. The number of anilines is 1. The number of hydrogen-bond donors (Lipinski definition) is 1. The van der Waals surface area contributed by atoms with E-state index in [9.17, 15) is 0 Å². The van der Waals surface area contributed by atoms with Crippen molar-refractivity contribution in [2.75, 3.05) is 31.1 Å². The third-order valence-corrected chi connectivity index (χ3v) is 5.69. The van der Waals surface area contributed by atoms with Gasteiger partial charge in [-0.05, 0) is 43.0 Å². The van der Waals surface area contributed by atoms with Crippen LogP contribution >= 0.6 is 11.6 Å². The SMILES string of the molecule is Clc1ccc2nc(N3CCN(Cc4n[nH]c5c4CCC5)CC3)cnc2c1. The van der Waals surface area contributed by atoms with Gasteiger partial charge in [0, 0.05) is 43.4 Å². The molecule has 0 amide bonds. The summed E-state index contributed by atoms with van der Waals surface area (Å²) in [6.45, 7) is 4.90. The summed E-state index contributed by atoms with van der Waals surface area (Å²) in [5, 5.41) is 8.45. The molecule has 1 aromatic carbocycles. The lowest BCUT2D eigenvalue weighted by Gasteiger charge is -2.35. The summed E-state index contributed by atoms with van der Waals surface area (Å²) in [4.78, 5) is 14.1. The lowest BCUT2D eigenvalue weighted by atomic mass is 10.2. The molecule has 1 fully saturated rings. The summed E-state index contributed by atoms with van der Waals surface area (Å²) in [7, 11) is 0. The fraction of sp³-hybridized carbons (Fsp3) is 0.421. The van der Waals surface area contributed by atoms with Crippen molar-refractivity contribution >= 4 is 28.5 Å². The molecule has 0 bridgehead atoms. The minimum Gasteiger partial charge on any atom is -0.353 e. The molecule has 6 nitrogen and oxygen atoms in total. The summed E-state index contributed by atoms with van der Waals surface area (Å²) in [5.74, 6) is 0.945. The van der Waals surface area contributed by atoms with E-state index in [4.69, 9.17) is 16.6 Å². The topological polar surface area (TPSA) is 60.9 Å². The standard InChI is InChI=1S/C19H21ClN6/c20-13-4-5-16-17(10-13)21-11-19(22-16)26-8-6-25(7-9-26)12-18-14-2-1-3-15(14)23-24-18/h4-5,10-11H,1-3,6-9,12H2,(H,23,24). The van der Waals surface area contributed by atoms with Gasteiger partial charge in [-0.2, -0.15) is 5.10 Å². The molecule has 3 aromatic rings. The molecule has 0 unspecified atom stereocenters. The Bertz CT molecular complexity index is 944. The van der Waals surface area contributed by atoms with Gasteiger partial charge < -0.3 is 4.90 Å². The van der Waals surface area contributed by atoms with Gasteiger partial charge in [-0.1, -0.05) is 11.6 Å². The van der Waals surface area contributed by atoms with Crippen LogP contribution in [0.5, 0.6) is 0 Å². The van der Waals surface area contributed by atoms with E-state index in [0.29, 0.717) is 5.02 Å². The minimum atomic E-state index is 0.693. The highest BCUT2D eigenvalue weighted by atomic mass is 35.5. The maximum Gasteiger partial charge on any atom is 0.147 e. The molecule has 3 heterocycles. The van der Waals surface area contributed by atoms with Gasteiger partial charge in [0.15, 0.2) is 0 Å². The molecule has 2 aromatic heterocycles. The zero-order valence-corrected chi connectivity index (χ0v) is 15.3. The molecule has 2 aliphatic rings. The zero-order valence-electron chi connectivity index (χ0n) is 14.6. The number of benzene rings is 1. The molecule has 5 rings (SSSR count). The summed E-state index contributed by atoms with van der Waals surface area (Å²) < 4.78 is 0. The molecule has 1 aliphatic heterocycles. The predicted molar refractivity (Wildman–Crippen MR) is 103 cm³/mol. The first kappa shape index (κ1) is 16.0. The number of halogens is 1. The van der Waals surface area contributed by atoms with Crippen molar-refractivity contribution in [3.8, 4) is 0 Å². The first-order chi connectivity index (χ1) is 12.8.